The standard InChI is InChI=1S/C10H13S/c1-7-4-8(2)10(6-11)9(3)5-7/h4-5H,6H2,1-3H3. The van der Waals surface area contributed by atoms with Gasteiger partial charge in [0.15, 0.2) is 0 Å². The van der Waals surface area contributed by atoms with Crippen LogP contribution in [0.25, 0.3) is 0 Å². The molecule has 0 spiro atoms. The molecule has 0 fully saturated rings. The van der Waals surface area contributed by atoms with Crippen molar-refractivity contribution in [3.8, 4) is 0 Å². The Kier molecular flexibility index (Phi) is 2.61. The molecule has 1 rings (SSSR count). The highest BCUT2D eigenvalue weighted by Gasteiger charge is 2.00. The zero-order valence-electron chi connectivity index (χ0n) is 7.27. The fraction of sp³-hybridized carbons (Fsp3) is 0.400. The number of benzene rings is 1. The molecule has 59 valence electrons. The molecule has 0 N–H and O–H groups in total. The molecule has 0 nitrogen and oxygen atoms in total. The first-order valence-corrected chi connectivity index (χ1v) is 4.37. The second-order valence-corrected chi connectivity index (χ2v) is 3.31. The van der Waals surface area contributed by atoms with Crippen LogP contribution in [0.1, 0.15) is 22.3 Å². The van der Waals surface area contributed by atoms with Gasteiger partial charge in [-0.25, -0.2) is 0 Å². The minimum absolute atomic E-state index is 0.734. The molecule has 0 saturated carbocycles. The van der Waals surface area contributed by atoms with E-state index in [4.69, 9.17) is 12.6 Å². The van der Waals surface area contributed by atoms with Crippen molar-refractivity contribution in [1.82, 2.24) is 0 Å². The van der Waals surface area contributed by atoms with Crippen molar-refractivity contribution >= 4 is 12.6 Å². The van der Waals surface area contributed by atoms with Gasteiger partial charge in [0.25, 0.3) is 0 Å². The maximum atomic E-state index is 5.04. The summed E-state index contributed by atoms with van der Waals surface area (Å²) in [4.78, 5) is 0. The Hall–Kier alpha value is -0.430. The Labute approximate surface area is 74.0 Å². The third kappa shape index (κ3) is 1.78. The zero-order valence-corrected chi connectivity index (χ0v) is 8.09. The van der Waals surface area contributed by atoms with E-state index in [1.165, 1.54) is 22.3 Å². The molecule has 0 heterocycles. The lowest BCUT2D eigenvalue weighted by Gasteiger charge is -2.07. The fourth-order valence-electron chi connectivity index (χ4n) is 1.44. The molecule has 1 heteroatoms. The van der Waals surface area contributed by atoms with E-state index in [1.807, 2.05) is 0 Å². The van der Waals surface area contributed by atoms with Crippen LogP contribution in [0.2, 0.25) is 0 Å². The van der Waals surface area contributed by atoms with Crippen LogP contribution in [0.3, 0.4) is 0 Å². The molecule has 11 heavy (non-hydrogen) atoms. The van der Waals surface area contributed by atoms with Crippen molar-refractivity contribution in [3.63, 3.8) is 0 Å². The molecule has 0 aromatic heterocycles. The van der Waals surface area contributed by atoms with Crippen LogP contribution < -0.4 is 0 Å². The summed E-state index contributed by atoms with van der Waals surface area (Å²) >= 11 is 5.04. The van der Waals surface area contributed by atoms with Gasteiger partial charge in [0.05, 0.1) is 0 Å². The summed E-state index contributed by atoms with van der Waals surface area (Å²) in [6.45, 7) is 6.37. The summed E-state index contributed by atoms with van der Waals surface area (Å²) in [5.74, 6) is 0.734. The van der Waals surface area contributed by atoms with Gasteiger partial charge in [-0.2, -0.15) is 0 Å². The summed E-state index contributed by atoms with van der Waals surface area (Å²) in [6.07, 6.45) is 0. The largest absolute Gasteiger partial charge is 0.0890 e. The molecule has 0 aliphatic heterocycles. The van der Waals surface area contributed by atoms with Crippen molar-refractivity contribution in [1.29, 1.82) is 0 Å². The minimum Gasteiger partial charge on any atom is -0.0890 e. The maximum absolute atomic E-state index is 5.04. The minimum atomic E-state index is 0.734. The molecular weight excluding hydrogens is 152 g/mol. The first kappa shape index (κ1) is 8.66. The number of aryl methyl sites for hydroxylation is 3. The van der Waals surface area contributed by atoms with Crippen molar-refractivity contribution in [2.24, 2.45) is 0 Å². The van der Waals surface area contributed by atoms with Gasteiger partial charge in [0, 0.05) is 5.75 Å². The molecule has 0 amide bonds. The first-order chi connectivity index (χ1) is 5.15. The Balaban J connectivity index is 3.25. The Morgan fingerprint density at radius 2 is 1.55 bits per heavy atom. The third-order valence-corrected chi connectivity index (χ3v) is 2.27. The summed E-state index contributed by atoms with van der Waals surface area (Å²) in [6, 6.07) is 4.38. The highest BCUT2D eigenvalue weighted by molar-refractivity contribution is 7.79. The van der Waals surface area contributed by atoms with Crippen LogP contribution in [-0.4, -0.2) is 0 Å². The summed E-state index contributed by atoms with van der Waals surface area (Å²) < 4.78 is 0. The normalized spacial score (nSPS) is 10.2. The SMILES string of the molecule is Cc1cc(C)c(C[S])c(C)c1. The lowest BCUT2D eigenvalue weighted by Crippen LogP contribution is -1.90. The monoisotopic (exact) mass is 165 g/mol. The van der Waals surface area contributed by atoms with Gasteiger partial charge in [-0.15, -0.1) is 0 Å². The van der Waals surface area contributed by atoms with Crippen LogP contribution in [-0.2, 0) is 5.75 Å². The maximum Gasteiger partial charge on any atom is 0.0294 e. The van der Waals surface area contributed by atoms with Gasteiger partial charge in [0.2, 0.25) is 0 Å². The molecule has 1 aromatic rings. The average Bonchev–Trinajstić information content (AvgIpc) is 1.85. The molecule has 0 aliphatic carbocycles. The van der Waals surface area contributed by atoms with Crippen molar-refractivity contribution in [2.45, 2.75) is 26.5 Å². The smallest absolute Gasteiger partial charge is 0.0294 e. The lowest BCUT2D eigenvalue weighted by atomic mass is 10.0. The van der Waals surface area contributed by atoms with E-state index in [0.29, 0.717) is 0 Å². The predicted molar refractivity (Wildman–Crippen MR) is 51.9 cm³/mol. The molecule has 0 unspecified atom stereocenters. The zero-order chi connectivity index (χ0) is 8.43. The van der Waals surface area contributed by atoms with E-state index < -0.39 is 0 Å². The van der Waals surface area contributed by atoms with Crippen molar-refractivity contribution in [2.75, 3.05) is 0 Å². The van der Waals surface area contributed by atoms with E-state index in [2.05, 4.69) is 32.9 Å². The molecule has 1 radical (unpaired) electrons. The predicted octanol–water partition coefficient (Wildman–Crippen LogP) is 3.31. The summed E-state index contributed by atoms with van der Waals surface area (Å²) in [5.41, 5.74) is 5.31. The average molecular weight is 165 g/mol. The van der Waals surface area contributed by atoms with E-state index in [1.54, 1.807) is 0 Å². The Morgan fingerprint density at radius 3 is 1.91 bits per heavy atom. The van der Waals surface area contributed by atoms with Crippen LogP contribution in [0.5, 0.6) is 0 Å². The van der Waals surface area contributed by atoms with Crippen molar-refractivity contribution in [3.05, 3.63) is 34.4 Å². The van der Waals surface area contributed by atoms with E-state index in [9.17, 15) is 0 Å². The second kappa shape index (κ2) is 3.31. The Bertz CT molecular complexity index is 241. The third-order valence-electron chi connectivity index (χ3n) is 1.98. The van der Waals surface area contributed by atoms with E-state index in [0.717, 1.165) is 5.75 Å². The molecule has 1 aromatic carbocycles. The van der Waals surface area contributed by atoms with Gasteiger partial charge < -0.3 is 0 Å². The molecule has 0 saturated heterocycles. The lowest BCUT2D eigenvalue weighted by molar-refractivity contribution is 1.22. The first-order valence-electron chi connectivity index (χ1n) is 3.80. The second-order valence-electron chi connectivity index (χ2n) is 3.02. The van der Waals surface area contributed by atoms with Gasteiger partial charge in [0.1, 0.15) is 0 Å². The highest BCUT2D eigenvalue weighted by atomic mass is 32.1. The van der Waals surface area contributed by atoms with Gasteiger partial charge in [-0.1, -0.05) is 30.3 Å². The van der Waals surface area contributed by atoms with Crippen LogP contribution in [0.15, 0.2) is 12.1 Å². The number of hydrogen-bond acceptors (Lipinski definition) is 0. The molecule has 0 atom stereocenters. The summed E-state index contributed by atoms with van der Waals surface area (Å²) in [5, 5.41) is 0. The van der Waals surface area contributed by atoms with Gasteiger partial charge in [-0.05, 0) is 37.5 Å². The van der Waals surface area contributed by atoms with Crippen molar-refractivity contribution < 1.29 is 0 Å². The fourth-order valence-corrected chi connectivity index (χ4v) is 1.89. The van der Waals surface area contributed by atoms with Gasteiger partial charge >= 0.3 is 0 Å². The molecule has 0 aliphatic rings. The van der Waals surface area contributed by atoms with Crippen LogP contribution in [0, 0.1) is 20.8 Å². The van der Waals surface area contributed by atoms with Gasteiger partial charge in [-0.3, -0.25) is 0 Å². The van der Waals surface area contributed by atoms with E-state index in [-0.39, 0.29) is 0 Å². The van der Waals surface area contributed by atoms with Crippen LogP contribution in [0.4, 0.5) is 0 Å². The summed E-state index contributed by atoms with van der Waals surface area (Å²) in [7, 11) is 0. The number of rotatable bonds is 1. The van der Waals surface area contributed by atoms with Crippen LogP contribution >= 0.6 is 12.6 Å². The molecular formula is C10H13S. The highest BCUT2D eigenvalue weighted by Crippen LogP contribution is 2.17. The number of hydrogen-bond donors (Lipinski definition) is 0. The van der Waals surface area contributed by atoms with E-state index >= 15 is 0 Å². The molecule has 0 bridgehead atoms. The topological polar surface area (TPSA) is 0 Å². The quantitative estimate of drug-likeness (QED) is 0.599. The Morgan fingerprint density at radius 1 is 1.09 bits per heavy atom.